The molecule has 0 bridgehead atoms. The second-order valence-electron chi connectivity index (χ2n) is 8.74. The van der Waals surface area contributed by atoms with Crippen molar-refractivity contribution in [1.29, 1.82) is 0 Å². The summed E-state index contributed by atoms with van der Waals surface area (Å²) in [5.74, 6) is 2.37. The number of aromatic nitrogens is 2. The van der Waals surface area contributed by atoms with Crippen molar-refractivity contribution in [3.8, 4) is 5.75 Å². The maximum Gasteiger partial charge on any atom is 0.246 e. The van der Waals surface area contributed by atoms with E-state index in [1.54, 1.807) is 6.08 Å². The Kier molecular flexibility index (Phi) is 6.71. The molecule has 5 heteroatoms. The van der Waals surface area contributed by atoms with Crippen molar-refractivity contribution in [1.82, 2.24) is 14.5 Å². The van der Waals surface area contributed by atoms with Gasteiger partial charge in [0.05, 0.1) is 11.0 Å². The fourth-order valence-corrected chi connectivity index (χ4v) is 4.54. The van der Waals surface area contributed by atoms with Gasteiger partial charge in [0.2, 0.25) is 5.91 Å². The molecule has 5 rings (SSSR count). The molecule has 5 nitrogen and oxygen atoms in total. The maximum atomic E-state index is 12.7. The molecule has 3 aromatic carbocycles. The molecule has 1 aliphatic heterocycles. The van der Waals surface area contributed by atoms with Gasteiger partial charge in [-0.25, -0.2) is 4.98 Å². The first-order valence-corrected chi connectivity index (χ1v) is 11.9. The minimum atomic E-state index is 0.0901. The number of carbonyl (C=O) groups excluding carboxylic acids is 1. The summed E-state index contributed by atoms with van der Waals surface area (Å²) in [6.45, 7) is 2.88. The predicted octanol–water partition coefficient (Wildman–Crippen LogP) is 5.57. The number of benzene rings is 3. The minimum absolute atomic E-state index is 0.0901. The van der Waals surface area contributed by atoms with Crippen LogP contribution in [0.15, 0.2) is 91.0 Å². The molecular formula is C29H29N3O2. The second kappa shape index (κ2) is 10.4. The van der Waals surface area contributed by atoms with Gasteiger partial charge in [0.1, 0.15) is 18.2 Å². The van der Waals surface area contributed by atoms with Gasteiger partial charge in [0.25, 0.3) is 0 Å². The Bertz CT molecular complexity index is 1260. The molecule has 34 heavy (non-hydrogen) atoms. The van der Waals surface area contributed by atoms with Gasteiger partial charge in [0, 0.05) is 25.7 Å². The average molecular weight is 452 g/mol. The fourth-order valence-electron chi connectivity index (χ4n) is 4.54. The molecule has 0 N–H and O–H groups in total. The molecule has 0 saturated carbocycles. The monoisotopic (exact) mass is 451 g/mol. The lowest BCUT2D eigenvalue weighted by molar-refractivity contribution is -0.127. The second-order valence-corrected chi connectivity index (χ2v) is 8.74. The van der Waals surface area contributed by atoms with Crippen LogP contribution in [0.4, 0.5) is 0 Å². The number of para-hydroxylation sites is 3. The number of likely N-dealkylation sites (tertiary alicyclic amines) is 1. The van der Waals surface area contributed by atoms with E-state index in [4.69, 9.17) is 9.72 Å². The minimum Gasteiger partial charge on any atom is -0.486 e. The van der Waals surface area contributed by atoms with Gasteiger partial charge in [-0.1, -0.05) is 60.7 Å². The average Bonchev–Trinajstić information content (AvgIpc) is 3.25. The third-order valence-electron chi connectivity index (χ3n) is 6.43. The molecule has 1 saturated heterocycles. The van der Waals surface area contributed by atoms with Gasteiger partial charge in [-0.2, -0.15) is 0 Å². The highest BCUT2D eigenvalue weighted by Crippen LogP contribution is 2.25. The molecule has 2 heterocycles. The zero-order chi connectivity index (χ0) is 23.2. The Morgan fingerprint density at radius 2 is 1.59 bits per heavy atom. The van der Waals surface area contributed by atoms with Gasteiger partial charge < -0.3 is 14.2 Å². The molecule has 1 aliphatic rings. The van der Waals surface area contributed by atoms with E-state index in [0.717, 1.165) is 60.6 Å². The lowest BCUT2D eigenvalue weighted by Crippen LogP contribution is -2.38. The predicted molar refractivity (Wildman–Crippen MR) is 135 cm³/mol. The molecule has 0 unspecified atom stereocenters. The van der Waals surface area contributed by atoms with Crippen LogP contribution in [0.2, 0.25) is 0 Å². The summed E-state index contributed by atoms with van der Waals surface area (Å²) in [5.41, 5.74) is 3.18. The van der Waals surface area contributed by atoms with Gasteiger partial charge in [-0.3, -0.25) is 4.79 Å². The Labute approximate surface area is 200 Å². The quantitative estimate of drug-likeness (QED) is 0.345. The smallest absolute Gasteiger partial charge is 0.246 e. The lowest BCUT2D eigenvalue weighted by Gasteiger charge is -2.32. The maximum absolute atomic E-state index is 12.7. The fraction of sp³-hybridized carbons (Fsp3) is 0.241. The molecule has 0 radical (unpaired) electrons. The van der Waals surface area contributed by atoms with Gasteiger partial charge in [0.15, 0.2) is 0 Å². The van der Waals surface area contributed by atoms with Gasteiger partial charge in [-0.15, -0.1) is 0 Å². The number of hydrogen-bond donors (Lipinski definition) is 0. The van der Waals surface area contributed by atoms with Gasteiger partial charge >= 0.3 is 0 Å². The van der Waals surface area contributed by atoms with E-state index in [-0.39, 0.29) is 5.91 Å². The Morgan fingerprint density at radius 3 is 2.35 bits per heavy atom. The third kappa shape index (κ3) is 5.20. The summed E-state index contributed by atoms with van der Waals surface area (Å²) < 4.78 is 8.32. The number of piperidine rings is 1. The number of nitrogens with zero attached hydrogens (tertiary/aromatic N) is 3. The van der Waals surface area contributed by atoms with Crippen LogP contribution in [0.5, 0.6) is 5.75 Å². The summed E-state index contributed by atoms with van der Waals surface area (Å²) in [6, 6.07) is 28.1. The van der Waals surface area contributed by atoms with E-state index in [1.807, 2.05) is 77.7 Å². The van der Waals surface area contributed by atoms with Crippen molar-refractivity contribution >= 4 is 23.0 Å². The van der Waals surface area contributed by atoms with Crippen LogP contribution in [-0.4, -0.2) is 33.4 Å². The molecule has 1 amide bonds. The summed E-state index contributed by atoms with van der Waals surface area (Å²) in [4.78, 5) is 19.5. The Hall–Kier alpha value is -3.86. The van der Waals surface area contributed by atoms with Crippen LogP contribution in [0.25, 0.3) is 17.1 Å². The van der Waals surface area contributed by atoms with E-state index in [1.165, 1.54) is 0 Å². The SMILES string of the molecule is O=C(/C=C/c1ccccc1)N1CCC(Cn2c(COc3ccccc3)nc3ccccc32)CC1. The number of ether oxygens (including phenoxy) is 1. The molecule has 4 aromatic rings. The first kappa shape index (κ1) is 22.0. The zero-order valence-electron chi connectivity index (χ0n) is 19.2. The number of carbonyl (C=O) groups is 1. The van der Waals surface area contributed by atoms with Crippen LogP contribution in [0, 0.1) is 5.92 Å². The summed E-state index contributed by atoms with van der Waals surface area (Å²) in [7, 11) is 0. The third-order valence-corrected chi connectivity index (χ3v) is 6.43. The molecule has 0 aliphatic carbocycles. The van der Waals surface area contributed by atoms with Crippen molar-refractivity contribution < 1.29 is 9.53 Å². The Balaban J connectivity index is 1.23. The van der Waals surface area contributed by atoms with Crippen molar-refractivity contribution in [2.45, 2.75) is 26.0 Å². The van der Waals surface area contributed by atoms with Crippen LogP contribution >= 0.6 is 0 Å². The number of rotatable bonds is 7. The number of imidazole rings is 1. The van der Waals surface area contributed by atoms with Crippen LogP contribution in [0.3, 0.4) is 0 Å². The van der Waals surface area contributed by atoms with Crippen molar-refractivity contribution in [3.63, 3.8) is 0 Å². The lowest BCUT2D eigenvalue weighted by atomic mass is 9.96. The standard InChI is InChI=1S/C29H29N3O2/c33-29(16-15-23-9-3-1-4-10-23)31-19-17-24(18-20-31)21-32-27-14-8-7-13-26(27)30-28(32)22-34-25-11-5-2-6-12-25/h1-16,24H,17-22H2/b16-15+. The Morgan fingerprint density at radius 1 is 0.912 bits per heavy atom. The normalized spacial score (nSPS) is 14.6. The number of hydrogen-bond acceptors (Lipinski definition) is 3. The van der Waals surface area contributed by atoms with Crippen LogP contribution < -0.4 is 4.74 Å². The molecule has 0 spiro atoms. The zero-order valence-corrected chi connectivity index (χ0v) is 19.2. The number of fused-ring (bicyclic) bond motifs is 1. The van der Waals surface area contributed by atoms with Gasteiger partial charge in [-0.05, 0) is 54.7 Å². The molecular weight excluding hydrogens is 422 g/mol. The van der Waals surface area contributed by atoms with E-state index in [2.05, 4.69) is 22.8 Å². The van der Waals surface area contributed by atoms with Crippen molar-refractivity contribution in [3.05, 3.63) is 102 Å². The van der Waals surface area contributed by atoms with Crippen molar-refractivity contribution in [2.24, 2.45) is 5.92 Å². The number of amides is 1. The van der Waals surface area contributed by atoms with Crippen molar-refractivity contribution in [2.75, 3.05) is 13.1 Å². The summed E-state index contributed by atoms with van der Waals surface area (Å²) >= 11 is 0. The molecule has 0 atom stereocenters. The molecule has 1 fully saturated rings. The first-order valence-electron chi connectivity index (χ1n) is 11.9. The van der Waals surface area contributed by atoms with Crippen LogP contribution in [-0.2, 0) is 17.9 Å². The first-order chi connectivity index (χ1) is 16.8. The van der Waals surface area contributed by atoms with E-state index >= 15 is 0 Å². The van der Waals surface area contributed by atoms with E-state index in [0.29, 0.717) is 12.5 Å². The van der Waals surface area contributed by atoms with E-state index in [9.17, 15) is 4.79 Å². The topological polar surface area (TPSA) is 47.4 Å². The highest BCUT2D eigenvalue weighted by atomic mass is 16.5. The van der Waals surface area contributed by atoms with E-state index < -0.39 is 0 Å². The van der Waals surface area contributed by atoms with Crippen LogP contribution in [0.1, 0.15) is 24.2 Å². The summed E-state index contributed by atoms with van der Waals surface area (Å²) in [6.07, 6.45) is 5.55. The highest BCUT2D eigenvalue weighted by Gasteiger charge is 2.23. The summed E-state index contributed by atoms with van der Waals surface area (Å²) in [5, 5.41) is 0. The molecule has 1 aromatic heterocycles. The highest BCUT2D eigenvalue weighted by molar-refractivity contribution is 5.91. The largest absolute Gasteiger partial charge is 0.486 e. The molecule has 172 valence electrons.